The molecule has 12 heavy (non-hydrogen) atoms. The van der Waals surface area contributed by atoms with Crippen LogP contribution < -0.4 is 0 Å². The highest BCUT2D eigenvalue weighted by Crippen LogP contribution is 2.25. The van der Waals surface area contributed by atoms with Gasteiger partial charge in [-0.3, -0.25) is 4.79 Å². The van der Waals surface area contributed by atoms with Gasteiger partial charge < -0.3 is 0 Å². The molecule has 1 aliphatic rings. The van der Waals surface area contributed by atoms with Crippen molar-refractivity contribution in [3.63, 3.8) is 0 Å². The summed E-state index contributed by atoms with van der Waals surface area (Å²) in [6.45, 7) is 0. The summed E-state index contributed by atoms with van der Waals surface area (Å²) >= 11 is 0. The summed E-state index contributed by atoms with van der Waals surface area (Å²) in [5.41, 5.74) is 0.613. The molecule has 1 aliphatic heterocycles. The van der Waals surface area contributed by atoms with E-state index in [2.05, 4.69) is 0 Å². The van der Waals surface area contributed by atoms with Crippen molar-refractivity contribution < 1.29 is 13.2 Å². The van der Waals surface area contributed by atoms with Crippen LogP contribution in [0, 0.1) is 0 Å². The predicted octanol–water partition coefficient (Wildman–Crippen LogP) is 0.543. The van der Waals surface area contributed by atoms with E-state index in [1.165, 1.54) is 6.07 Å². The molecular weight excluding hydrogens is 176 g/mol. The molecule has 1 heterocycles. The van der Waals surface area contributed by atoms with Crippen LogP contribution in [0.5, 0.6) is 0 Å². The second kappa shape index (κ2) is 2.17. The van der Waals surface area contributed by atoms with Gasteiger partial charge in [-0.1, -0.05) is 18.2 Å². The molecule has 4 heteroatoms. The molecule has 0 radical (unpaired) electrons. The highest BCUT2D eigenvalue weighted by atomic mass is 32.2. The monoisotopic (exact) mass is 182 g/mol. The first-order valence-corrected chi connectivity index (χ1v) is 4.96. The van der Waals surface area contributed by atoms with Crippen LogP contribution in [0.3, 0.4) is 0 Å². The van der Waals surface area contributed by atoms with Gasteiger partial charge in [0.25, 0.3) is 5.12 Å². The van der Waals surface area contributed by atoms with E-state index in [0.717, 1.165) is 0 Å². The van der Waals surface area contributed by atoms with E-state index in [1.807, 2.05) is 0 Å². The maximum absolute atomic E-state index is 11.2. The number of hydrogen-bond acceptors (Lipinski definition) is 3. The minimum Gasteiger partial charge on any atom is -0.281 e. The summed E-state index contributed by atoms with van der Waals surface area (Å²) in [5, 5.41) is -0.691. The molecule has 0 amide bonds. The van der Waals surface area contributed by atoms with Crippen molar-refractivity contribution in [3.8, 4) is 0 Å². The van der Waals surface area contributed by atoms with E-state index < -0.39 is 15.0 Å². The average molecular weight is 182 g/mol. The zero-order valence-electron chi connectivity index (χ0n) is 6.15. The topological polar surface area (TPSA) is 51.2 Å². The summed E-state index contributed by atoms with van der Waals surface area (Å²) in [5.74, 6) is 0. The summed E-state index contributed by atoms with van der Waals surface area (Å²) in [6.07, 6.45) is 0.0263. The first kappa shape index (κ1) is 7.49. The van der Waals surface area contributed by atoms with E-state index in [9.17, 15) is 13.2 Å². The van der Waals surface area contributed by atoms with Gasteiger partial charge in [-0.25, -0.2) is 8.42 Å². The molecule has 0 bridgehead atoms. The van der Waals surface area contributed by atoms with Gasteiger partial charge in [0, 0.05) is 6.42 Å². The molecule has 1 aromatic rings. The maximum Gasteiger partial charge on any atom is 0.255 e. The van der Waals surface area contributed by atoms with Crippen molar-refractivity contribution >= 4 is 15.0 Å². The Labute approximate surface area is 69.9 Å². The third-order valence-electron chi connectivity index (χ3n) is 1.90. The molecule has 0 aromatic heterocycles. The SMILES string of the molecule is O=C1Cc2ccccc2S1(=O)=O. The lowest BCUT2D eigenvalue weighted by molar-refractivity contribution is -0.110. The molecule has 0 saturated heterocycles. The van der Waals surface area contributed by atoms with E-state index >= 15 is 0 Å². The van der Waals surface area contributed by atoms with Crippen LogP contribution in [-0.4, -0.2) is 13.5 Å². The Morgan fingerprint density at radius 2 is 1.83 bits per heavy atom. The Morgan fingerprint density at radius 3 is 2.50 bits per heavy atom. The largest absolute Gasteiger partial charge is 0.281 e. The molecule has 0 aliphatic carbocycles. The van der Waals surface area contributed by atoms with Gasteiger partial charge >= 0.3 is 0 Å². The molecule has 3 nitrogen and oxygen atoms in total. The molecule has 0 saturated carbocycles. The van der Waals surface area contributed by atoms with E-state index in [4.69, 9.17) is 0 Å². The van der Waals surface area contributed by atoms with Crippen LogP contribution in [0.1, 0.15) is 5.56 Å². The highest BCUT2D eigenvalue weighted by Gasteiger charge is 2.34. The Kier molecular flexibility index (Phi) is 1.35. The quantitative estimate of drug-likeness (QED) is 0.588. The fraction of sp³-hybridized carbons (Fsp3) is 0.125. The first-order valence-electron chi connectivity index (χ1n) is 3.48. The van der Waals surface area contributed by atoms with Gasteiger partial charge in [0.1, 0.15) is 0 Å². The summed E-state index contributed by atoms with van der Waals surface area (Å²) in [7, 11) is -3.62. The van der Waals surface area contributed by atoms with Crippen molar-refractivity contribution in [2.24, 2.45) is 0 Å². The van der Waals surface area contributed by atoms with Gasteiger partial charge in [0.15, 0.2) is 0 Å². The predicted molar refractivity (Wildman–Crippen MR) is 42.3 cm³/mol. The minimum absolute atomic E-state index is 0.0263. The average Bonchev–Trinajstić information content (AvgIpc) is 2.25. The maximum atomic E-state index is 11.2. The van der Waals surface area contributed by atoms with Crippen molar-refractivity contribution in [1.82, 2.24) is 0 Å². The fourth-order valence-corrected chi connectivity index (χ4v) is 2.62. The second-order valence-corrected chi connectivity index (χ2v) is 4.56. The Bertz CT molecular complexity index is 445. The third-order valence-corrected chi connectivity index (χ3v) is 3.62. The molecular formula is C8H6O3S. The number of carbonyl (C=O) groups is 1. The zero-order chi connectivity index (χ0) is 8.77. The van der Waals surface area contributed by atoms with Gasteiger partial charge in [-0.05, 0) is 11.6 Å². The molecule has 62 valence electrons. The van der Waals surface area contributed by atoms with Crippen molar-refractivity contribution in [3.05, 3.63) is 29.8 Å². The number of rotatable bonds is 0. The minimum atomic E-state index is -3.62. The van der Waals surface area contributed by atoms with Crippen LogP contribution in [0.4, 0.5) is 0 Å². The van der Waals surface area contributed by atoms with E-state index in [-0.39, 0.29) is 11.3 Å². The lowest BCUT2D eigenvalue weighted by Crippen LogP contribution is -2.07. The number of sulfone groups is 1. The van der Waals surface area contributed by atoms with E-state index in [1.54, 1.807) is 18.2 Å². The lowest BCUT2D eigenvalue weighted by Gasteiger charge is -1.92. The summed E-state index contributed by atoms with van der Waals surface area (Å²) in [4.78, 5) is 11.1. The second-order valence-electron chi connectivity index (χ2n) is 2.66. The summed E-state index contributed by atoms with van der Waals surface area (Å²) in [6, 6.07) is 6.48. The fourth-order valence-electron chi connectivity index (χ4n) is 1.29. The molecule has 2 rings (SSSR count). The number of benzene rings is 1. The van der Waals surface area contributed by atoms with Crippen LogP contribution >= 0.6 is 0 Å². The lowest BCUT2D eigenvalue weighted by atomic mass is 10.2. The Morgan fingerprint density at radius 1 is 1.17 bits per heavy atom. The third kappa shape index (κ3) is 0.814. The van der Waals surface area contributed by atoms with Crippen LogP contribution in [0.15, 0.2) is 29.2 Å². The molecule has 0 N–H and O–H groups in total. The molecule has 0 unspecified atom stereocenters. The standard InChI is InChI=1S/C8H6O3S/c9-8-5-6-3-1-2-4-7(6)12(8,10)11/h1-4H,5H2. The molecule has 0 fully saturated rings. The zero-order valence-corrected chi connectivity index (χ0v) is 6.97. The van der Waals surface area contributed by atoms with E-state index in [0.29, 0.717) is 5.56 Å². The number of fused-ring (bicyclic) bond motifs is 1. The number of hydrogen-bond donors (Lipinski definition) is 0. The molecule has 0 spiro atoms. The smallest absolute Gasteiger partial charge is 0.255 e. The van der Waals surface area contributed by atoms with Crippen LogP contribution in [0.25, 0.3) is 0 Å². The van der Waals surface area contributed by atoms with Gasteiger partial charge in [0.2, 0.25) is 9.84 Å². The summed E-state index contributed by atoms with van der Waals surface area (Å²) < 4.78 is 22.5. The van der Waals surface area contributed by atoms with Crippen molar-refractivity contribution in [2.45, 2.75) is 11.3 Å². The molecule has 1 aromatic carbocycles. The van der Waals surface area contributed by atoms with Gasteiger partial charge in [0.05, 0.1) is 4.90 Å². The van der Waals surface area contributed by atoms with Crippen LogP contribution in [-0.2, 0) is 21.1 Å². The first-order chi connectivity index (χ1) is 5.62. The van der Waals surface area contributed by atoms with Gasteiger partial charge in [-0.15, -0.1) is 0 Å². The van der Waals surface area contributed by atoms with Crippen molar-refractivity contribution in [2.75, 3.05) is 0 Å². The molecule has 0 atom stereocenters. The number of carbonyl (C=O) groups excluding carboxylic acids is 1. The normalized spacial score (nSPS) is 19.2. The van der Waals surface area contributed by atoms with Crippen molar-refractivity contribution in [1.29, 1.82) is 0 Å². The van der Waals surface area contributed by atoms with Gasteiger partial charge in [-0.2, -0.15) is 0 Å². The Balaban J connectivity index is 2.80. The highest BCUT2D eigenvalue weighted by molar-refractivity contribution is 8.06. The van der Waals surface area contributed by atoms with Crippen LogP contribution in [0.2, 0.25) is 0 Å². The Hall–Kier alpha value is -1.16.